The average molecular weight is 190 g/mol. The van der Waals surface area contributed by atoms with Crippen LogP contribution in [0.4, 0.5) is 0 Å². The molecule has 0 aromatic heterocycles. The van der Waals surface area contributed by atoms with Gasteiger partial charge in [-0.2, -0.15) is 0 Å². The number of aryl methyl sites for hydroxylation is 1. The molecule has 2 nitrogen and oxygen atoms in total. The van der Waals surface area contributed by atoms with Crippen molar-refractivity contribution in [1.82, 2.24) is 0 Å². The van der Waals surface area contributed by atoms with Crippen LogP contribution in [0, 0.1) is 0 Å². The summed E-state index contributed by atoms with van der Waals surface area (Å²) >= 11 is 0. The van der Waals surface area contributed by atoms with Gasteiger partial charge in [0, 0.05) is 5.54 Å². The van der Waals surface area contributed by atoms with Crippen molar-refractivity contribution in [3.05, 3.63) is 35.4 Å². The van der Waals surface area contributed by atoms with Crippen molar-refractivity contribution in [2.24, 2.45) is 11.5 Å². The molecule has 1 aliphatic carbocycles. The molecule has 1 unspecified atom stereocenters. The molecule has 0 saturated carbocycles. The minimum absolute atomic E-state index is 0.163. The van der Waals surface area contributed by atoms with Gasteiger partial charge in [0.15, 0.2) is 0 Å². The standard InChI is InChI=1S/C12H18N2/c13-9-8-12(14)7-3-5-10-4-1-2-6-11(10)12/h1-2,4,6H,3,5,7-9,13-14H2. The molecule has 0 amide bonds. The van der Waals surface area contributed by atoms with Gasteiger partial charge in [-0.25, -0.2) is 0 Å². The molecule has 1 aliphatic rings. The van der Waals surface area contributed by atoms with Crippen LogP contribution in [0.3, 0.4) is 0 Å². The quantitative estimate of drug-likeness (QED) is 0.743. The lowest BCUT2D eigenvalue weighted by molar-refractivity contribution is 0.351. The summed E-state index contributed by atoms with van der Waals surface area (Å²) in [6, 6.07) is 8.51. The first-order valence-corrected chi connectivity index (χ1v) is 5.33. The summed E-state index contributed by atoms with van der Waals surface area (Å²) in [6.07, 6.45) is 4.32. The number of fused-ring (bicyclic) bond motifs is 1. The number of rotatable bonds is 2. The van der Waals surface area contributed by atoms with E-state index in [1.54, 1.807) is 0 Å². The molecule has 2 rings (SSSR count). The van der Waals surface area contributed by atoms with E-state index in [0.717, 1.165) is 12.8 Å². The molecule has 0 saturated heterocycles. The Kier molecular flexibility index (Phi) is 2.57. The van der Waals surface area contributed by atoms with Gasteiger partial charge in [0.1, 0.15) is 0 Å². The van der Waals surface area contributed by atoms with Gasteiger partial charge < -0.3 is 11.5 Å². The Bertz CT molecular complexity index is 322. The van der Waals surface area contributed by atoms with Crippen LogP contribution in [-0.2, 0) is 12.0 Å². The fraction of sp³-hybridized carbons (Fsp3) is 0.500. The molecule has 0 heterocycles. The summed E-state index contributed by atoms with van der Waals surface area (Å²) in [7, 11) is 0. The van der Waals surface area contributed by atoms with Crippen molar-refractivity contribution in [3.63, 3.8) is 0 Å². The maximum Gasteiger partial charge on any atom is 0.0424 e. The van der Waals surface area contributed by atoms with E-state index in [2.05, 4.69) is 24.3 Å². The fourth-order valence-electron chi connectivity index (χ4n) is 2.47. The van der Waals surface area contributed by atoms with E-state index in [4.69, 9.17) is 11.5 Å². The Labute approximate surface area is 85.3 Å². The second-order valence-electron chi connectivity index (χ2n) is 4.21. The first-order chi connectivity index (χ1) is 6.76. The fourth-order valence-corrected chi connectivity index (χ4v) is 2.47. The Morgan fingerprint density at radius 2 is 2.07 bits per heavy atom. The summed E-state index contributed by atoms with van der Waals surface area (Å²) in [4.78, 5) is 0. The van der Waals surface area contributed by atoms with Gasteiger partial charge in [-0.1, -0.05) is 24.3 Å². The van der Waals surface area contributed by atoms with Crippen LogP contribution in [0.5, 0.6) is 0 Å². The molecule has 0 fully saturated rings. The van der Waals surface area contributed by atoms with Gasteiger partial charge in [0.05, 0.1) is 0 Å². The van der Waals surface area contributed by atoms with E-state index in [-0.39, 0.29) is 5.54 Å². The molecule has 2 heteroatoms. The lowest BCUT2D eigenvalue weighted by Gasteiger charge is -2.35. The number of hydrogen-bond donors (Lipinski definition) is 2. The normalized spacial score (nSPS) is 25.9. The highest BCUT2D eigenvalue weighted by Crippen LogP contribution is 2.35. The van der Waals surface area contributed by atoms with Crippen LogP contribution in [0.15, 0.2) is 24.3 Å². The number of hydrogen-bond acceptors (Lipinski definition) is 2. The van der Waals surface area contributed by atoms with E-state index < -0.39 is 0 Å². The lowest BCUT2D eigenvalue weighted by Crippen LogP contribution is -2.41. The SMILES string of the molecule is NCCC1(N)CCCc2ccccc21. The first-order valence-electron chi connectivity index (χ1n) is 5.33. The highest BCUT2D eigenvalue weighted by Gasteiger charge is 2.31. The van der Waals surface area contributed by atoms with Crippen LogP contribution in [0.25, 0.3) is 0 Å². The second-order valence-corrected chi connectivity index (χ2v) is 4.21. The van der Waals surface area contributed by atoms with Crippen molar-refractivity contribution in [2.75, 3.05) is 6.54 Å². The molecule has 0 aliphatic heterocycles. The zero-order valence-corrected chi connectivity index (χ0v) is 8.50. The van der Waals surface area contributed by atoms with Gasteiger partial charge in [-0.05, 0) is 43.4 Å². The lowest BCUT2D eigenvalue weighted by atomic mass is 9.75. The van der Waals surface area contributed by atoms with E-state index in [1.165, 1.54) is 24.0 Å². The third-order valence-corrected chi connectivity index (χ3v) is 3.21. The molecule has 0 bridgehead atoms. The Balaban J connectivity index is 2.39. The van der Waals surface area contributed by atoms with E-state index in [1.807, 2.05) is 0 Å². The summed E-state index contributed by atoms with van der Waals surface area (Å²) in [6.45, 7) is 0.671. The van der Waals surface area contributed by atoms with Crippen molar-refractivity contribution < 1.29 is 0 Å². The molecule has 1 aromatic rings. The topological polar surface area (TPSA) is 52.0 Å². The Morgan fingerprint density at radius 1 is 1.29 bits per heavy atom. The van der Waals surface area contributed by atoms with Crippen LogP contribution >= 0.6 is 0 Å². The minimum atomic E-state index is -0.163. The van der Waals surface area contributed by atoms with Crippen LogP contribution < -0.4 is 11.5 Å². The van der Waals surface area contributed by atoms with Gasteiger partial charge in [0.25, 0.3) is 0 Å². The zero-order valence-electron chi connectivity index (χ0n) is 8.50. The van der Waals surface area contributed by atoms with E-state index in [0.29, 0.717) is 6.54 Å². The summed E-state index contributed by atoms with van der Waals surface area (Å²) < 4.78 is 0. The van der Waals surface area contributed by atoms with E-state index >= 15 is 0 Å². The molecular weight excluding hydrogens is 172 g/mol. The highest BCUT2D eigenvalue weighted by atomic mass is 14.8. The third-order valence-electron chi connectivity index (χ3n) is 3.21. The maximum atomic E-state index is 6.40. The van der Waals surface area contributed by atoms with Crippen LogP contribution in [0.1, 0.15) is 30.4 Å². The Hall–Kier alpha value is -0.860. The van der Waals surface area contributed by atoms with Gasteiger partial charge in [0.2, 0.25) is 0 Å². The molecular formula is C12H18N2. The van der Waals surface area contributed by atoms with Crippen LogP contribution in [0.2, 0.25) is 0 Å². The van der Waals surface area contributed by atoms with Crippen molar-refractivity contribution in [3.8, 4) is 0 Å². The van der Waals surface area contributed by atoms with Crippen molar-refractivity contribution in [2.45, 2.75) is 31.2 Å². The zero-order chi connectivity index (χ0) is 10.0. The average Bonchev–Trinajstić information content (AvgIpc) is 2.19. The Morgan fingerprint density at radius 3 is 2.86 bits per heavy atom. The molecule has 0 spiro atoms. The summed E-state index contributed by atoms with van der Waals surface area (Å²) in [5.74, 6) is 0. The smallest absolute Gasteiger partial charge is 0.0424 e. The molecule has 4 N–H and O–H groups in total. The van der Waals surface area contributed by atoms with Crippen molar-refractivity contribution in [1.29, 1.82) is 0 Å². The maximum absolute atomic E-state index is 6.40. The summed E-state index contributed by atoms with van der Waals surface area (Å²) in [5.41, 5.74) is 14.6. The molecule has 14 heavy (non-hydrogen) atoms. The number of benzene rings is 1. The van der Waals surface area contributed by atoms with Gasteiger partial charge in [-0.15, -0.1) is 0 Å². The first kappa shape index (κ1) is 9.69. The molecule has 76 valence electrons. The van der Waals surface area contributed by atoms with Crippen molar-refractivity contribution >= 4 is 0 Å². The van der Waals surface area contributed by atoms with Gasteiger partial charge in [-0.3, -0.25) is 0 Å². The van der Waals surface area contributed by atoms with Crippen LogP contribution in [-0.4, -0.2) is 6.54 Å². The molecule has 1 aromatic carbocycles. The predicted molar refractivity (Wildman–Crippen MR) is 58.9 cm³/mol. The highest BCUT2D eigenvalue weighted by molar-refractivity contribution is 5.35. The predicted octanol–water partition coefficient (Wildman–Crippen LogP) is 1.53. The third kappa shape index (κ3) is 1.56. The summed E-state index contributed by atoms with van der Waals surface area (Å²) in [5, 5.41) is 0. The second kappa shape index (κ2) is 3.71. The van der Waals surface area contributed by atoms with Gasteiger partial charge >= 0.3 is 0 Å². The minimum Gasteiger partial charge on any atom is -0.330 e. The molecule has 0 radical (unpaired) electrons. The largest absolute Gasteiger partial charge is 0.330 e. The molecule has 1 atom stereocenters. The van der Waals surface area contributed by atoms with E-state index in [9.17, 15) is 0 Å². The monoisotopic (exact) mass is 190 g/mol. The number of nitrogens with two attached hydrogens (primary N) is 2.